The molecule has 0 aromatic heterocycles. The molecular formula is C12H21NO. The maximum absolute atomic E-state index is 5.86. The van der Waals surface area contributed by atoms with Gasteiger partial charge < -0.3 is 10.1 Å². The molecule has 2 nitrogen and oxygen atoms in total. The maximum atomic E-state index is 5.86. The summed E-state index contributed by atoms with van der Waals surface area (Å²) in [6, 6.07) is 0.828. The highest BCUT2D eigenvalue weighted by Crippen LogP contribution is 2.38. The number of rotatable bonds is 3. The van der Waals surface area contributed by atoms with E-state index in [0.29, 0.717) is 12.2 Å². The average Bonchev–Trinajstić information content (AvgIpc) is 2.91. The minimum absolute atomic E-state index is 0.605. The summed E-state index contributed by atoms with van der Waals surface area (Å²) in [7, 11) is 0. The van der Waals surface area contributed by atoms with Crippen molar-refractivity contribution >= 4 is 0 Å². The first kappa shape index (κ1) is 9.17. The summed E-state index contributed by atoms with van der Waals surface area (Å²) in [5.74, 6) is 0.828. The van der Waals surface area contributed by atoms with Crippen molar-refractivity contribution in [2.75, 3.05) is 6.54 Å². The molecule has 3 aliphatic rings. The first-order valence-electron chi connectivity index (χ1n) is 6.30. The lowest BCUT2D eigenvalue weighted by molar-refractivity contribution is 0.0920. The Kier molecular flexibility index (Phi) is 2.50. The smallest absolute Gasteiger partial charge is 0.0621 e. The van der Waals surface area contributed by atoms with Crippen LogP contribution in [-0.4, -0.2) is 24.8 Å². The standard InChI is InChI=1S/C12H21NO/c1-2-4-10(3-1)13-8-9-7-11-5-6-12(9)14-11/h9-13H,1-8H2. The van der Waals surface area contributed by atoms with E-state index >= 15 is 0 Å². The van der Waals surface area contributed by atoms with Crippen molar-refractivity contribution < 1.29 is 4.74 Å². The number of ether oxygens (including phenoxy) is 1. The van der Waals surface area contributed by atoms with Gasteiger partial charge in [0.1, 0.15) is 0 Å². The Hall–Kier alpha value is -0.0800. The van der Waals surface area contributed by atoms with Crippen LogP contribution in [-0.2, 0) is 4.74 Å². The molecule has 80 valence electrons. The Balaban J connectivity index is 1.44. The molecule has 1 aliphatic carbocycles. The fourth-order valence-corrected chi connectivity index (χ4v) is 3.41. The second-order valence-corrected chi connectivity index (χ2v) is 5.26. The highest BCUT2D eigenvalue weighted by atomic mass is 16.5. The van der Waals surface area contributed by atoms with Crippen LogP contribution in [0.4, 0.5) is 0 Å². The molecule has 2 aliphatic heterocycles. The Bertz CT molecular complexity index is 200. The van der Waals surface area contributed by atoms with Gasteiger partial charge in [0.25, 0.3) is 0 Å². The third kappa shape index (κ3) is 1.70. The third-order valence-corrected chi connectivity index (χ3v) is 4.26. The van der Waals surface area contributed by atoms with Crippen LogP contribution in [0.1, 0.15) is 44.9 Å². The monoisotopic (exact) mass is 195 g/mol. The van der Waals surface area contributed by atoms with E-state index in [9.17, 15) is 0 Å². The molecule has 0 aromatic rings. The van der Waals surface area contributed by atoms with E-state index in [-0.39, 0.29) is 0 Å². The molecule has 3 fully saturated rings. The molecule has 0 aromatic carbocycles. The zero-order chi connectivity index (χ0) is 9.38. The Morgan fingerprint density at radius 1 is 1.07 bits per heavy atom. The highest BCUT2D eigenvalue weighted by molar-refractivity contribution is 4.91. The Morgan fingerprint density at radius 2 is 1.93 bits per heavy atom. The van der Waals surface area contributed by atoms with Gasteiger partial charge in [0.05, 0.1) is 12.2 Å². The van der Waals surface area contributed by atoms with Crippen molar-refractivity contribution in [2.24, 2.45) is 5.92 Å². The van der Waals surface area contributed by atoms with Gasteiger partial charge in [-0.1, -0.05) is 12.8 Å². The molecule has 3 unspecified atom stereocenters. The molecule has 2 saturated heterocycles. The van der Waals surface area contributed by atoms with Crippen LogP contribution < -0.4 is 5.32 Å². The normalized spacial score (nSPS) is 42.4. The second kappa shape index (κ2) is 3.82. The van der Waals surface area contributed by atoms with Gasteiger partial charge in [-0.3, -0.25) is 0 Å². The minimum Gasteiger partial charge on any atom is -0.375 e. The molecule has 2 heterocycles. The van der Waals surface area contributed by atoms with Crippen LogP contribution in [0.3, 0.4) is 0 Å². The van der Waals surface area contributed by atoms with Gasteiger partial charge in [0.2, 0.25) is 0 Å². The zero-order valence-electron chi connectivity index (χ0n) is 8.87. The van der Waals surface area contributed by atoms with E-state index in [1.165, 1.54) is 51.5 Å². The summed E-state index contributed by atoms with van der Waals surface area (Å²) in [6.07, 6.45) is 10.9. The van der Waals surface area contributed by atoms with Crippen LogP contribution in [0, 0.1) is 5.92 Å². The van der Waals surface area contributed by atoms with Crippen LogP contribution >= 0.6 is 0 Å². The van der Waals surface area contributed by atoms with Gasteiger partial charge in [0.15, 0.2) is 0 Å². The van der Waals surface area contributed by atoms with Crippen molar-refractivity contribution in [3.05, 3.63) is 0 Å². The minimum atomic E-state index is 0.605. The number of hydrogen-bond donors (Lipinski definition) is 1. The van der Waals surface area contributed by atoms with Crippen molar-refractivity contribution in [1.29, 1.82) is 0 Å². The van der Waals surface area contributed by atoms with Gasteiger partial charge >= 0.3 is 0 Å². The summed E-state index contributed by atoms with van der Waals surface area (Å²) in [6.45, 7) is 1.21. The molecule has 2 heteroatoms. The second-order valence-electron chi connectivity index (χ2n) is 5.26. The molecule has 0 amide bonds. The van der Waals surface area contributed by atoms with Crippen molar-refractivity contribution in [1.82, 2.24) is 5.32 Å². The van der Waals surface area contributed by atoms with E-state index in [1.807, 2.05) is 0 Å². The molecule has 0 spiro atoms. The summed E-state index contributed by atoms with van der Waals surface area (Å²) >= 11 is 0. The molecule has 1 saturated carbocycles. The van der Waals surface area contributed by atoms with Gasteiger partial charge in [-0.2, -0.15) is 0 Å². The number of nitrogens with one attached hydrogen (secondary N) is 1. The summed E-state index contributed by atoms with van der Waals surface area (Å²) in [5, 5.41) is 3.73. The van der Waals surface area contributed by atoms with Gasteiger partial charge in [-0.25, -0.2) is 0 Å². The Labute approximate surface area is 86.4 Å². The fraction of sp³-hybridized carbons (Fsp3) is 1.00. The maximum Gasteiger partial charge on any atom is 0.0621 e. The topological polar surface area (TPSA) is 21.3 Å². The van der Waals surface area contributed by atoms with Gasteiger partial charge in [0, 0.05) is 18.5 Å². The first-order chi connectivity index (χ1) is 6.92. The zero-order valence-corrected chi connectivity index (χ0v) is 8.87. The molecular weight excluding hydrogens is 174 g/mol. The number of fused-ring (bicyclic) bond motifs is 2. The lowest BCUT2D eigenvalue weighted by Crippen LogP contribution is -2.34. The van der Waals surface area contributed by atoms with E-state index in [1.54, 1.807) is 0 Å². The van der Waals surface area contributed by atoms with Crippen molar-refractivity contribution in [3.63, 3.8) is 0 Å². The lowest BCUT2D eigenvalue weighted by Gasteiger charge is -2.21. The van der Waals surface area contributed by atoms with Crippen LogP contribution in [0.25, 0.3) is 0 Å². The predicted molar refractivity (Wildman–Crippen MR) is 56.3 cm³/mol. The average molecular weight is 195 g/mol. The molecule has 2 bridgehead atoms. The largest absolute Gasteiger partial charge is 0.375 e. The van der Waals surface area contributed by atoms with E-state index in [0.717, 1.165) is 12.0 Å². The molecule has 0 radical (unpaired) electrons. The van der Waals surface area contributed by atoms with Gasteiger partial charge in [-0.05, 0) is 32.1 Å². The Morgan fingerprint density at radius 3 is 2.57 bits per heavy atom. The third-order valence-electron chi connectivity index (χ3n) is 4.26. The van der Waals surface area contributed by atoms with Crippen molar-refractivity contribution in [2.45, 2.75) is 63.2 Å². The molecule has 14 heavy (non-hydrogen) atoms. The molecule has 3 rings (SSSR count). The van der Waals surface area contributed by atoms with E-state index in [4.69, 9.17) is 4.74 Å². The van der Waals surface area contributed by atoms with Crippen LogP contribution in [0.5, 0.6) is 0 Å². The lowest BCUT2D eigenvalue weighted by atomic mass is 9.89. The summed E-state index contributed by atoms with van der Waals surface area (Å²) in [4.78, 5) is 0. The van der Waals surface area contributed by atoms with E-state index in [2.05, 4.69) is 5.32 Å². The first-order valence-corrected chi connectivity index (χ1v) is 6.30. The fourth-order valence-electron chi connectivity index (χ4n) is 3.41. The number of hydrogen-bond acceptors (Lipinski definition) is 2. The predicted octanol–water partition coefficient (Wildman–Crippen LogP) is 2.09. The quantitative estimate of drug-likeness (QED) is 0.744. The van der Waals surface area contributed by atoms with E-state index < -0.39 is 0 Å². The molecule has 3 atom stereocenters. The molecule has 1 N–H and O–H groups in total. The summed E-state index contributed by atoms with van der Waals surface area (Å²) < 4.78 is 5.86. The SMILES string of the molecule is C1CCC(NCC2CC3CCC2O3)C1. The summed E-state index contributed by atoms with van der Waals surface area (Å²) in [5.41, 5.74) is 0. The van der Waals surface area contributed by atoms with Crippen LogP contribution in [0.2, 0.25) is 0 Å². The van der Waals surface area contributed by atoms with Crippen molar-refractivity contribution in [3.8, 4) is 0 Å². The van der Waals surface area contributed by atoms with Crippen LogP contribution in [0.15, 0.2) is 0 Å². The van der Waals surface area contributed by atoms with Gasteiger partial charge in [-0.15, -0.1) is 0 Å². The highest BCUT2D eigenvalue weighted by Gasteiger charge is 2.40.